The number of hydrogen-bond acceptors (Lipinski definition) is 3. The molecule has 0 aliphatic carbocycles. The van der Waals surface area contributed by atoms with Crippen molar-refractivity contribution in [3.63, 3.8) is 0 Å². The summed E-state index contributed by atoms with van der Waals surface area (Å²) in [6.07, 6.45) is 6.42. The van der Waals surface area contributed by atoms with Gasteiger partial charge in [-0.15, -0.1) is 0 Å². The predicted octanol–water partition coefficient (Wildman–Crippen LogP) is 2.07. The third-order valence-corrected chi connectivity index (χ3v) is 3.19. The number of carboxylic acid groups (broad SMARTS) is 1. The van der Waals surface area contributed by atoms with Crippen molar-refractivity contribution < 1.29 is 14.7 Å². The monoisotopic (exact) mass is 276 g/mol. The lowest BCUT2D eigenvalue weighted by atomic mass is 10.2. The van der Waals surface area contributed by atoms with Gasteiger partial charge in [0.05, 0.1) is 0 Å². The molecule has 1 atom stereocenters. The molecule has 0 rings (SSSR count). The molecule has 5 nitrogen and oxygen atoms in total. The number of nitrogens with one attached hydrogen (secondary N) is 2. The fraction of sp³-hybridized carbons (Fsp3) is 0.833. The number of carbonyl (C=O) groups excluding carboxylic acids is 1. The molecule has 6 heteroatoms. The lowest BCUT2D eigenvalue weighted by Crippen LogP contribution is -2.46. The molecular formula is C12H24N2O3S. The zero-order chi connectivity index (χ0) is 13.8. The van der Waals surface area contributed by atoms with Gasteiger partial charge in [-0.3, -0.25) is 0 Å². The van der Waals surface area contributed by atoms with Gasteiger partial charge in [0.2, 0.25) is 0 Å². The Morgan fingerprint density at radius 1 is 1.28 bits per heavy atom. The normalized spacial score (nSPS) is 11.9. The summed E-state index contributed by atoms with van der Waals surface area (Å²) in [6.45, 7) is 2.49. The van der Waals surface area contributed by atoms with Crippen LogP contribution in [0.4, 0.5) is 4.79 Å². The van der Waals surface area contributed by atoms with E-state index in [9.17, 15) is 9.59 Å². The average molecular weight is 276 g/mol. The van der Waals surface area contributed by atoms with Gasteiger partial charge in [-0.05, 0) is 31.3 Å². The summed E-state index contributed by atoms with van der Waals surface area (Å²) in [6, 6.07) is -1.17. The maximum absolute atomic E-state index is 11.4. The molecule has 0 aliphatic rings. The van der Waals surface area contributed by atoms with Crippen molar-refractivity contribution in [2.75, 3.05) is 18.6 Å². The van der Waals surface area contributed by atoms with Crippen LogP contribution < -0.4 is 10.6 Å². The Bertz CT molecular complexity index is 249. The van der Waals surface area contributed by atoms with E-state index in [1.165, 1.54) is 0 Å². The lowest BCUT2D eigenvalue weighted by molar-refractivity contribution is -0.139. The van der Waals surface area contributed by atoms with Crippen LogP contribution in [-0.4, -0.2) is 41.7 Å². The van der Waals surface area contributed by atoms with Gasteiger partial charge in [0.15, 0.2) is 0 Å². The fourth-order valence-electron chi connectivity index (χ4n) is 1.51. The van der Waals surface area contributed by atoms with E-state index in [4.69, 9.17) is 5.11 Å². The molecule has 0 fully saturated rings. The van der Waals surface area contributed by atoms with E-state index in [-0.39, 0.29) is 6.03 Å². The standard InChI is InChI=1S/C12H24N2O3S/c1-3-7-10(11(15)16)14-12(17)13-8-5-4-6-9-18-2/h10H,3-9H2,1-2H3,(H,15,16)(H2,13,14,17)/t10-/m0/s1. The second-order valence-electron chi connectivity index (χ2n) is 4.13. The van der Waals surface area contributed by atoms with Crippen molar-refractivity contribution in [3.8, 4) is 0 Å². The van der Waals surface area contributed by atoms with Gasteiger partial charge in [0.25, 0.3) is 0 Å². The minimum Gasteiger partial charge on any atom is -0.480 e. The molecule has 2 amide bonds. The Morgan fingerprint density at radius 2 is 2.00 bits per heavy atom. The summed E-state index contributed by atoms with van der Waals surface area (Å²) < 4.78 is 0. The summed E-state index contributed by atoms with van der Waals surface area (Å²) in [5.74, 6) is 0.163. The molecule has 0 bridgehead atoms. The van der Waals surface area contributed by atoms with Gasteiger partial charge < -0.3 is 15.7 Å². The van der Waals surface area contributed by atoms with Gasteiger partial charge in [0.1, 0.15) is 6.04 Å². The number of urea groups is 1. The summed E-state index contributed by atoms with van der Waals surface area (Å²) in [4.78, 5) is 22.3. The molecule has 0 aromatic carbocycles. The van der Waals surface area contributed by atoms with Crippen molar-refractivity contribution >= 4 is 23.8 Å². The molecule has 3 N–H and O–H groups in total. The summed E-state index contributed by atoms with van der Waals surface area (Å²) in [5, 5.41) is 14.0. The van der Waals surface area contributed by atoms with E-state index in [1.54, 1.807) is 0 Å². The average Bonchev–Trinajstić information content (AvgIpc) is 2.33. The SMILES string of the molecule is CCC[C@H](NC(=O)NCCCCCSC)C(=O)O. The Kier molecular flexibility index (Phi) is 10.6. The van der Waals surface area contributed by atoms with Crippen LogP contribution in [0.3, 0.4) is 0 Å². The maximum Gasteiger partial charge on any atom is 0.326 e. The maximum atomic E-state index is 11.4. The number of rotatable bonds is 10. The van der Waals surface area contributed by atoms with E-state index >= 15 is 0 Å². The van der Waals surface area contributed by atoms with Crippen LogP contribution in [0.15, 0.2) is 0 Å². The molecule has 18 heavy (non-hydrogen) atoms. The van der Waals surface area contributed by atoms with Gasteiger partial charge in [-0.25, -0.2) is 9.59 Å². The zero-order valence-corrected chi connectivity index (χ0v) is 12.0. The second-order valence-corrected chi connectivity index (χ2v) is 5.12. The van der Waals surface area contributed by atoms with Crippen molar-refractivity contribution in [2.45, 2.75) is 45.1 Å². The van der Waals surface area contributed by atoms with Crippen LogP contribution in [0.5, 0.6) is 0 Å². The third-order valence-electron chi connectivity index (χ3n) is 2.49. The van der Waals surface area contributed by atoms with Crippen molar-refractivity contribution in [1.29, 1.82) is 0 Å². The van der Waals surface area contributed by atoms with Crippen molar-refractivity contribution in [3.05, 3.63) is 0 Å². The molecule has 0 aromatic heterocycles. The van der Waals surface area contributed by atoms with E-state index in [1.807, 2.05) is 18.7 Å². The number of hydrogen-bond donors (Lipinski definition) is 3. The highest BCUT2D eigenvalue weighted by molar-refractivity contribution is 7.98. The van der Waals surface area contributed by atoms with Crippen LogP contribution in [-0.2, 0) is 4.79 Å². The van der Waals surface area contributed by atoms with Gasteiger partial charge in [-0.2, -0.15) is 11.8 Å². The van der Waals surface area contributed by atoms with Crippen LogP contribution in [0.2, 0.25) is 0 Å². The number of unbranched alkanes of at least 4 members (excludes halogenated alkanes) is 2. The molecule has 0 unspecified atom stereocenters. The zero-order valence-electron chi connectivity index (χ0n) is 11.2. The third kappa shape index (κ3) is 9.15. The van der Waals surface area contributed by atoms with Crippen LogP contribution in [0.25, 0.3) is 0 Å². The fourth-order valence-corrected chi connectivity index (χ4v) is 2.00. The molecule has 0 aromatic rings. The number of carboxylic acids is 1. The first-order chi connectivity index (χ1) is 8.61. The number of thioether (sulfide) groups is 1. The Morgan fingerprint density at radius 3 is 2.56 bits per heavy atom. The summed E-state index contributed by atoms with van der Waals surface area (Å²) in [7, 11) is 0. The number of carbonyl (C=O) groups is 2. The largest absolute Gasteiger partial charge is 0.480 e. The number of amides is 2. The van der Waals surface area contributed by atoms with Crippen LogP contribution in [0.1, 0.15) is 39.0 Å². The molecule has 0 spiro atoms. The minimum absolute atomic E-state index is 0.388. The Labute approximate surface area is 113 Å². The highest BCUT2D eigenvalue weighted by atomic mass is 32.2. The van der Waals surface area contributed by atoms with E-state index in [2.05, 4.69) is 16.9 Å². The highest BCUT2D eigenvalue weighted by Gasteiger charge is 2.17. The topological polar surface area (TPSA) is 78.4 Å². The van der Waals surface area contributed by atoms with Crippen molar-refractivity contribution in [2.24, 2.45) is 0 Å². The molecule has 0 radical (unpaired) electrons. The lowest BCUT2D eigenvalue weighted by Gasteiger charge is -2.14. The molecule has 0 heterocycles. The molecule has 0 saturated heterocycles. The quantitative estimate of drug-likeness (QED) is 0.534. The van der Waals surface area contributed by atoms with Crippen molar-refractivity contribution in [1.82, 2.24) is 10.6 Å². The van der Waals surface area contributed by atoms with E-state index in [0.29, 0.717) is 13.0 Å². The smallest absolute Gasteiger partial charge is 0.326 e. The summed E-state index contributed by atoms with van der Waals surface area (Å²) >= 11 is 1.82. The molecular weight excluding hydrogens is 252 g/mol. The van der Waals surface area contributed by atoms with E-state index in [0.717, 1.165) is 31.4 Å². The first-order valence-electron chi connectivity index (χ1n) is 6.38. The first kappa shape index (κ1) is 17.1. The first-order valence-corrected chi connectivity index (χ1v) is 7.77. The number of aliphatic carboxylic acids is 1. The predicted molar refractivity (Wildman–Crippen MR) is 75.1 cm³/mol. The molecule has 106 valence electrons. The Hall–Kier alpha value is -0.910. The highest BCUT2D eigenvalue weighted by Crippen LogP contribution is 2.01. The second kappa shape index (κ2) is 11.2. The van der Waals surface area contributed by atoms with Gasteiger partial charge >= 0.3 is 12.0 Å². The molecule has 0 saturated carbocycles. The van der Waals surface area contributed by atoms with Crippen LogP contribution >= 0.6 is 11.8 Å². The van der Waals surface area contributed by atoms with Gasteiger partial charge in [-0.1, -0.05) is 19.8 Å². The van der Waals surface area contributed by atoms with Crippen LogP contribution in [0, 0.1) is 0 Å². The van der Waals surface area contributed by atoms with Gasteiger partial charge in [0, 0.05) is 6.54 Å². The molecule has 0 aliphatic heterocycles. The Balaban J connectivity index is 3.65. The minimum atomic E-state index is -0.980. The van der Waals surface area contributed by atoms with E-state index < -0.39 is 12.0 Å². The summed E-state index contributed by atoms with van der Waals surface area (Å²) in [5.41, 5.74) is 0.